The van der Waals surface area contributed by atoms with E-state index < -0.39 is 0 Å². The van der Waals surface area contributed by atoms with Crippen molar-refractivity contribution in [2.75, 3.05) is 18.8 Å². The molecule has 2 aliphatic rings. The van der Waals surface area contributed by atoms with Crippen molar-refractivity contribution >= 4 is 11.8 Å². The van der Waals surface area contributed by atoms with Crippen LogP contribution in [0.25, 0.3) is 0 Å². The third kappa shape index (κ3) is 3.53. The molecule has 0 bridgehead atoms. The van der Waals surface area contributed by atoms with Gasteiger partial charge in [-0.25, -0.2) is 0 Å². The van der Waals surface area contributed by atoms with Gasteiger partial charge in [0.2, 0.25) is 0 Å². The number of nitrogens with two attached hydrogens (primary N) is 1. The molecule has 0 amide bonds. The summed E-state index contributed by atoms with van der Waals surface area (Å²) in [5, 5.41) is 0.689. The van der Waals surface area contributed by atoms with Crippen LogP contribution >= 0.6 is 11.8 Å². The Kier molecular flexibility index (Phi) is 6.25. The molecular weight excluding hydrogens is 264 g/mol. The van der Waals surface area contributed by atoms with Crippen molar-refractivity contribution in [3.63, 3.8) is 0 Å². The molecule has 2 nitrogen and oxygen atoms in total. The Hall–Kier alpha value is 0.270. The minimum Gasteiger partial charge on any atom is -0.329 e. The highest BCUT2D eigenvalue weighted by molar-refractivity contribution is 8.00. The van der Waals surface area contributed by atoms with E-state index in [0.717, 1.165) is 18.5 Å². The number of thioether (sulfide) groups is 1. The molecule has 0 spiro atoms. The predicted octanol–water partition coefficient (Wildman–Crippen LogP) is 3.89. The van der Waals surface area contributed by atoms with Gasteiger partial charge < -0.3 is 5.73 Å². The van der Waals surface area contributed by atoms with Gasteiger partial charge in [-0.3, -0.25) is 4.90 Å². The highest BCUT2D eigenvalue weighted by atomic mass is 32.2. The Bertz CT molecular complexity index is 289. The van der Waals surface area contributed by atoms with Gasteiger partial charge >= 0.3 is 0 Å². The zero-order valence-electron chi connectivity index (χ0n) is 13.7. The quantitative estimate of drug-likeness (QED) is 0.806. The van der Waals surface area contributed by atoms with E-state index in [9.17, 15) is 0 Å². The Labute approximate surface area is 130 Å². The van der Waals surface area contributed by atoms with Crippen LogP contribution in [0.5, 0.6) is 0 Å². The first kappa shape index (κ1) is 16.6. The number of nitrogens with zero attached hydrogens (tertiary/aromatic N) is 1. The van der Waals surface area contributed by atoms with E-state index in [0.29, 0.717) is 5.25 Å². The van der Waals surface area contributed by atoms with Crippen molar-refractivity contribution in [1.29, 1.82) is 0 Å². The number of hydrogen-bond donors (Lipinski definition) is 1. The maximum Gasteiger partial charge on any atom is 0.0450 e. The first-order valence-electron chi connectivity index (χ1n) is 8.68. The van der Waals surface area contributed by atoms with Crippen LogP contribution in [0.1, 0.15) is 65.7 Å². The fourth-order valence-corrected chi connectivity index (χ4v) is 5.47. The lowest BCUT2D eigenvalue weighted by Gasteiger charge is -2.52. The van der Waals surface area contributed by atoms with E-state index in [2.05, 4.69) is 37.4 Å². The van der Waals surface area contributed by atoms with Gasteiger partial charge in [0.05, 0.1) is 0 Å². The van der Waals surface area contributed by atoms with Gasteiger partial charge in [0.15, 0.2) is 0 Å². The third-order valence-electron chi connectivity index (χ3n) is 5.52. The summed E-state index contributed by atoms with van der Waals surface area (Å²) in [4.78, 5) is 2.87. The summed E-state index contributed by atoms with van der Waals surface area (Å²) in [6, 6.07) is 0.804. The van der Waals surface area contributed by atoms with Crippen molar-refractivity contribution in [3.8, 4) is 0 Å². The number of rotatable bonds is 6. The monoisotopic (exact) mass is 298 g/mol. The second kappa shape index (κ2) is 7.51. The highest BCUT2D eigenvalue weighted by Gasteiger charge is 2.45. The lowest BCUT2D eigenvalue weighted by Crippen LogP contribution is -2.63. The van der Waals surface area contributed by atoms with E-state index in [4.69, 9.17) is 5.73 Å². The normalized spacial score (nSPS) is 32.4. The Morgan fingerprint density at radius 2 is 1.95 bits per heavy atom. The van der Waals surface area contributed by atoms with Gasteiger partial charge in [-0.2, -0.15) is 11.8 Å². The smallest absolute Gasteiger partial charge is 0.0450 e. The average Bonchev–Trinajstić information content (AvgIpc) is 2.94. The van der Waals surface area contributed by atoms with Gasteiger partial charge in [0, 0.05) is 23.4 Å². The lowest BCUT2D eigenvalue weighted by molar-refractivity contribution is 0.0356. The molecule has 1 saturated heterocycles. The first-order valence-corrected chi connectivity index (χ1v) is 9.73. The summed E-state index contributed by atoms with van der Waals surface area (Å²) in [6.07, 6.45) is 9.61. The molecule has 2 N–H and O–H groups in total. The summed E-state index contributed by atoms with van der Waals surface area (Å²) >= 11 is 2.15. The fraction of sp³-hybridized carbons (Fsp3) is 1.00. The van der Waals surface area contributed by atoms with Gasteiger partial charge in [-0.1, -0.05) is 33.6 Å². The second-order valence-electron chi connectivity index (χ2n) is 7.24. The van der Waals surface area contributed by atoms with Crippen molar-refractivity contribution in [3.05, 3.63) is 0 Å². The van der Waals surface area contributed by atoms with Crippen LogP contribution in [0.4, 0.5) is 0 Å². The van der Waals surface area contributed by atoms with Crippen LogP contribution in [-0.2, 0) is 0 Å². The predicted molar refractivity (Wildman–Crippen MR) is 91.4 cm³/mol. The van der Waals surface area contributed by atoms with Crippen LogP contribution in [-0.4, -0.2) is 40.6 Å². The van der Waals surface area contributed by atoms with Crippen LogP contribution in [0.15, 0.2) is 0 Å². The molecule has 20 heavy (non-hydrogen) atoms. The van der Waals surface area contributed by atoms with Crippen LogP contribution in [0.3, 0.4) is 0 Å². The highest BCUT2D eigenvalue weighted by Crippen LogP contribution is 2.41. The summed E-state index contributed by atoms with van der Waals surface area (Å²) in [7, 11) is 0. The van der Waals surface area contributed by atoms with Crippen molar-refractivity contribution in [2.24, 2.45) is 11.7 Å². The summed E-state index contributed by atoms with van der Waals surface area (Å²) in [5.74, 6) is 2.12. The minimum atomic E-state index is 0.271. The molecule has 2 rings (SSSR count). The molecule has 118 valence electrons. The summed E-state index contributed by atoms with van der Waals surface area (Å²) in [6.45, 7) is 9.22. The van der Waals surface area contributed by atoms with Crippen molar-refractivity contribution < 1.29 is 0 Å². The molecule has 0 aromatic rings. The minimum absolute atomic E-state index is 0.271. The molecule has 1 aliphatic heterocycles. The van der Waals surface area contributed by atoms with Gasteiger partial charge in [-0.05, 0) is 50.3 Å². The Morgan fingerprint density at radius 3 is 2.50 bits per heavy atom. The van der Waals surface area contributed by atoms with Crippen molar-refractivity contribution in [1.82, 2.24) is 4.90 Å². The zero-order valence-corrected chi connectivity index (χ0v) is 14.6. The summed E-state index contributed by atoms with van der Waals surface area (Å²) in [5.41, 5.74) is 6.62. The van der Waals surface area contributed by atoms with E-state index >= 15 is 0 Å². The standard InChI is InChI=1S/C17H34N2S/c1-14(2)9-11-19(16-7-4-5-8-16)17(13-18)10-6-12-20-15(17)3/h14-16H,4-13,18H2,1-3H3. The van der Waals surface area contributed by atoms with E-state index in [1.807, 2.05) is 0 Å². The largest absolute Gasteiger partial charge is 0.329 e. The van der Waals surface area contributed by atoms with Crippen molar-refractivity contribution in [2.45, 2.75) is 82.5 Å². The first-order chi connectivity index (χ1) is 9.60. The van der Waals surface area contributed by atoms with Crippen LogP contribution in [0, 0.1) is 5.92 Å². The molecule has 0 aromatic heterocycles. The molecule has 0 radical (unpaired) electrons. The number of hydrogen-bond acceptors (Lipinski definition) is 3. The van der Waals surface area contributed by atoms with Crippen LogP contribution in [0.2, 0.25) is 0 Å². The van der Waals surface area contributed by atoms with Gasteiger partial charge in [-0.15, -0.1) is 0 Å². The maximum absolute atomic E-state index is 6.35. The van der Waals surface area contributed by atoms with Crippen LogP contribution < -0.4 is 5.73 Å². The second-order valence-corrected chi connectivity index (χ2v) is 8.69. The average molecular weight is 299 g/mol. The lowest BCUT2D eigenvalue weighted by atomic mass is 9.85. The fourth-order valence-electron chi connectivity index (χ4n) is 4.14. The van der Waals surface area contributed by atoms with E-state index in [1.165, 1.54) is 57.2 Å². The maximum atomic E-state index is 6.35. The molecule has 3 heteroatoms. The van der Waals surface area contributed by atoms with E-state index in [1.54, 1.807) is 0 Å². The third-order valence-corrected chi connectivity index (χ3v) is 6.98. The SMILES string of the molecule is CC(C)CCN(C1CCCC1)C1(CN)CCCSC1C. The molecule has 1 saturated carbocycles. The molecule has 2 unspecified atom stereocenters. The zero-order chi connectivity index (χ0) is 14.6. The Morgan fingerprint density at radius 1 is 1.25 bits per heavy atom. The molecule has 0 aromatic carbocycles. The molecule has 2 atom stereocenters. The van der Waals surface area contributed by atoms with Gasteiger partial charge in [0.1, 0.15) is 0 Å². The molecule has 2 fully saturated rings. The van der Waals surface area contributed by atoms with E-state index in [-0.39, 0.29) is 5.54 Å². The Balaban J connectivity index is 2.16. The van der Waals surface area contributed by atoms with Gasteiger partial charge in [0.25, 0.3) is 0 Å². The summed E-state index contributed by atoms with van der Waals surface area (Å²) < 4.78 is 0. The topological polar surface area (TPSA) is 29.3 Å². The molecule has 1 heterocycles. The molecular formula is C17H34N2S. The molecule has 1 aliphatic carbocycles.